The fraction of sp³-hybridized carbons (Fsp3) is 0.333. The maximum absolute atomic E-state index is 6.10. The molecule has 0 radical (unpaired) electrons. The zero-order valence-electron chi connectivity index (χ0n) is 9.01. The van der Waals surface area contributed by atoms with E-state index in [2.05, 4.69) is 0 Å². The highest BCUT2D eigenvalue weighted by Crippen LogP contribution is 2.30. The van der Waals surface area contributed by atoms with E-state index in [1.807, 2.05) is 0 Å². The number of halogens is 3. The molecule has 0 bridgehead atoms. The van der Waals surface area contributed by atoms with E-state index in [-0.39, 0.29) is 5.02 Å². The van der Waals surface area contributed by atoms with E-state index in [4.69, 9.17) is 48.1 Å². The summed E-state index contributed by atoms with van der Waals surface area (Å²) < 4.78 is 15.9. The lowest BCUT2D eigenvalue weighted by Gasteiger charge is -2.25. The normalized spacial score (nSPS) is 11.9. The van der Waals surface area contributed by atoms with Crippen LogP contribution in [0.5, 0.6) is 0 Å². The molecule has 0 amide bonds. The molecule has 0 spiro atoms. The molecule has 7 heteroatoms. The third-order valence-corrected chi connectivity index (χ3v) is 6.31. The molecule has 0 aliphatic heterocycles. The third kappa shape index (κ3) is 2.38. The Hall–Kier alpha value is 0.187. The zero-order valence-corrected chi connectivity index (χ0v) is 12.3. The van der Waals surface area contributed by atoms with E-state index in [9.17, 15) is 0 Å². The molecule has 90 valence electrons. The summed E-state index contributed by atoms with van der Waals surface area (Å²) in [5.74, 6) is 0. The average Bonchev–Trinajstić information content (AvgIpc) is 2.31. The maximum Gasteiger partial charge on any atom is 0.537 e. The number of hydrogen-bond acceptors (Lipinski definition) is 3. The van der Waals surface area contributed by atoms with Gasteiger partial charge in [-0.05, 0) is 6.07 Å². The summed E-state index contributed by atoms with van der Waals surface area (Å²) in [7, 11) is 1.53. The van der Waals surface area contributed by atoms with E-state index in [0.29, 0.717) is 15.2 Å². The monoisotopic (exact) mass is 300 g/mol. The van der Waals surface area contributed by atoms with Gasteiger partial charge < -0.3 is 13.3 Å². The van der Waals surface area contributed by atoms with Crippen molar-refractivity contribution in [1.82, 2.24) is 0 Å². The van der Waals surface area contributed by atoms with Crippen molar-refractivity contribution in [2.45, 2.75) is 0 Å². The highest BCUT2D eigenvalue weighted by molar-refractivity contribution is 6.78. The highest BCUT2D eigenvalue weighted by atomic mass is 35.5. The van der Waals surface area contributed by atoms with Crippen LogP contribution in [0.25, 0.3) is 0 Å². The summed E-state index contributed by atoms with van der Waals surface area (Å²) in [4.78, 5) is 0. The summed E-state index contributed by atoms with van der Waals surface area (Å²) in [6.45, 7) is 0. The van der Waals surface area contributed by atoms with Gasteiger partial charge in [0.2, 0.25) is 0 Å². The minimum absolute atomic E-state index is 0.267. The third-order valence-electron chi connectivity index (χ3n) is 2.17. The van der Waals surface area contributed by atoms with Gasteiger partial charge in [-0.1, -0.05) is 40.9 Å². The molecule has 0 atom stereocenters. The molecule has 0 fully saturated rings. The van der Waals surface area contributed by atoms with Crippen LogP contribution in [0.15, 0.2) is 12.1 Å². The van der Waals surface area contributed by atoms with Crippen LogP contribution in [0.4, 0.5) is 0 Å². The Bertz CT molecular complexity index is 374. The smallest absolute Gasteiger partial charge is 0.373 e. The second-order valence-electron chi connectivity index (χ2n) is 2.89. The second kappa shape index (κ2) is 5.69. The Morgan fingerprint density at radius 2 is 1.38 bits per heavy atom. The van der Waals surface area contributed by atoms with Crippen LogP contribution in [0.2, 0.25) is 15.1 Å². The van der Waals surface area contributed by atoms with E-state index < -0.39 is 8.80 Å². The van der Waals surface area contributed by atoms with Gasteiger partial charge in [0.1, 0.15) is 0 Å². The summed E-state index contributed by atoms with van der Waals surface area (Å²) >= 11 is 17.9. The lowest BCUT2D eigenvalue weighted by atomic mass is 10.3. The summed E-state index contributed by atoms with van der Waals surface area (Å²) in [5, 5.41) is 1.54. The Morgan fingerprint density at radius 1 is 0.875 bits per heavy atom. The predicted octanol–water partition coefficient (Wildman–Crippen LogP) is 2.73. The summed E-state index contributed by atoms with van der Waals surface area (Å²) in [6, 6.07) is 3.32. The van der Waals surface area contributed by atoms with E-state index >= 15 is 0 Å². The van der Waals surface area contributed by atoms with E-state index in [0.717, 1.165) is 0 Å². The molecule has 1 rings (SSSR count). The SMILES string of the molecule is CO[Si](OC)(OC)c1ccc(Cl)c(Cl)c1Cl. The zero-order chi connectivity index (χ0) is 12.3. The molecule has 0 aromatic heterocycles. The first-order chi connectivity index (χ1) is 7.52. The van der Waals surface area contributed by atoms with E-state index in [1.54, 1.807) is 12.1 Å². The molecule has 0 heterocycles. The van der Waals surface area contributed by atoms with Gasteiger partial charge in [-0.3, -0.25) is 0 Å². The van der Waals surface area contributed by atoms with Crippen molar-refractivity contribution in [3.8, 4) is 0 Å². The highest BCUT2D eigenvalue weighted by Gasteiger charge is 2.43. The fourth-order valence-corrected chi connectivity index (χ4v) is 4.15. The van der Waals surface area contributed by atoms with Crippen molar-refractivity contribution in [3.63, 3.8) is 0 Å². The molecule has 16 heavy (non-hydrogen) atoms. The van der Waals surface area contributed by atoms with Crippen molar-refractivity contribution in [1.29, 1.82) is 0 Å². The number of benzene rings is 1. The molecule has 1 aromatic rings. The molecular weight excluding hydrogens is 291 g/mol. The van der Waals surface area contributed by atoms with Crippen molar-refractivity contribution < 1.29 is 13.3 Å². The summed E-state index contributed by atoms with van der Waals surface area (Å²) in [5.41, 5.74) is 0. The molecule has 0 unspecified atom stereocenters. The molecule has 0 aliphatic carbocycles. The van der Waals surface area contributed by atoms with Gasteiger partial charge in [0.25, 0.3) is 0 Å². The Morgan fingerprint density at radius 3 is 1.81 bits per heavy atom. The lowest BCUT2D eigenvalue weighted by molar-refractivity contribution is 0.140. The fourth-order valence-electron chi connectivity index (χ4n) is 1.34. The van der Waals surface area contributed by atoms with Crippen LogP contribution in [-0.4, -0.2) is 30.1 Å². The van der Waals surface area contributed by atoms with Gasteiger partial charge in [-0.25, -0.2) is 0 Å². The Kier molecular flexibility index (Phi) is 5.06. The molecule has 0 saturated heterocycles. The molecule has 0 saturated carbocycles. The topological polar surface area (TPSA) is 27.7 Å². The van der Waals surface area contributed by atoms with Crippen LogP contribution < -0.4 is 5.19 Å². The van der Waals surface area contributed by atoms with Gasteiger partial charge in [-0.15, -0.1) is 0 Å². The van der Waals surface area contributed by atoms with E-state index in [1.165, 1.54) is 21.3 Å². The molecule has 3 nitrogen and oxygen atoms in total. The van der Waals surface area contributed by atoms with Crippen molar-refractivity contribution in [2.75, 3.05) is 21.3 Å². The Balaban J connectivity index is 3.36. The Labute approximate surface area is 111 Å². The lowest BCUT2D eigenvalue weighted by Crippen LogP contribution is -2.55. The van der Waals surface area contributed by atoms with Gasteiger partial charge in [-0.2, -0.15) is 0 Å². The minimum atomic E-state index is -2.97. The van der Waals surface area contributed by atoms with Crippen LogP contribution in [-0.2, 0) is 13.3 Å². The summed E-state index contributed by atoms with van der Waals surface area (Å²) in [6.07, 6.45) is 0. The first kappa shape index (κ1) is 14.2. The van der Waals surface area contributed by atoms with Crippen LogP contribution in [0.3, 0.4) is 0 Å². The minimum Gasteiger partial charge on any atom is -0.373 e. The molecule has 0 N–H and O–H groups in total. The van der Waals surface area contributed by atoms with Crippen molar-refractivity contribution >= 4 is 48.8 Å². The van der Waals surface area contributed by atoms with Crippen LogP contribution >= 0.6 is 34.8 Å². The first-order valence-corrected chi connectivity index (χ1v) is 7.17. The van der Waals surface area contributed by atoms with Crippen LogP contribution in [0.1, 0.15) is 0 Å². The van der Waals surface area contributed by atoms with Gasteiger partial charge in [0, 0.05) is 26.5 Å². The average molecular weight is 302 g/mol. The molecule has 1 aromatic carbocycles. The quantitative estimate of drug-likeness (QED) is 0.632. The molecule has 0 aliphatic rings. The standard InChI is InChI=1S/C9H11Cl3O3Si/c1-13-16(14-2,15-3)7-5-4-6(10)8(11)9(7)12/h4-5H,1-3H3. The van der Waals surface area contributed by atoms with Crippen LogP contribution in [0, 0.1) is 0 Å². The van der Waals surface area contributed by atoms with Gasteiger partial charge in [0.05, 0.1) is 15.1 Å². The first-order valence-electron chi connectivity index (χ1n) is 4.31. The second-order valence-corrected chi connectivity index (χ2v) is 6.93. The van der Waals surface area contributed by atoms with Gasteiger partial charge >= 0.3 is 8.80 Å². The number of hydrogen-bond donors (Lipinski definition) is 0. The predicted molar refractivity (Wildman–Crippen MR) is 67.9 cm³/mol. The largest absolute Gasteiger partial charge is 0.537 e. The maximum atomic E-state index is 6.10. The number of rotatable bonds is 4. The van der Waals surface area contributed by atoms with Crippen molar-refractivity contribution in [3.05, 3.63) is 27.2 Å². The van der Waals surface area contributed by atoms with Gasteiger partial charge in [0.15, 0.2) is 0 Å². The van der Waals surface area contributed by atoms with Crippen molar-refractivity contribution in [2.24, 2.45) is 0 Å². The molecular formula is C9H11Cl3O3Si.